The lowest BCUT2D eigenvalue weighted by atomic mass is 10.0. The summed E-state index contributed by atoms with van der Waals surface area (Å²) in [7, 11) is 0. The van der Waals surface area contributed by atoms with Crippen molar-refractivity contribution in [1.29, 1.82) is 0 Å². The Balaban J connectivity index is 2.05. The molecule has 188 valence electrons. The first-order valence-electron chi connectivity index (χ1n) is 11.7. The lowest BCUT2D eigenvalue weighted by molar-refractivity contribution is -0.126. The summed E-state index contributed by atoms with van der Waals surface area (Å²) in [5.41, 5.74) is 1.72. The van der Waals surface area contributed by atoms with Gasteiger partial charge in [-0.3, -0.25) is 14.4 Å². The third kappa shape index (κ3) is 14.9. The van der Waals surface area contributed by atoms with Crippen LogP contribution in [0.3, 0.4) is 0 Å². The molecule has 0 spiro atoms. The summed E-state index contributed by atoms with van der Waals surface area (Å²) in [6.07, 6.45) is 4.25. The Morgan fingerprint density at radius 2 is 1.59 bits per heavy atom. The van der Waals surface area contributed by atoms with Crippen LogP contribution in [0.15, 0.2) is 24.3 Å². The number of amides is 3. The first kappa shape index (κ1) is 29.0. The van der Waals surface area contributed by atoms with Gasteiger partial charge in [0.05, 0.1) is 6.42 Å². The molecule has 0 saturated heterocycles. The number of benzene rings is 1. The van der Waals surface area contributed by atoms with Crippen molar-refractivity contribution < 1.29 is 28.7 Å². The lowest BCUT2D eigenvalue weighted by Crippen LogP contribution is -2.37. The highest BCUT2D eigenvalue weighted by atomic mass is 16.5. The zero-order valence-corrected chi connectivity index (χ0v) is 20.2. The molecule has 1 aromatic rings. The topological polar surface area (TPSA) is 131 Å². The van der Waals surface area contributed by atoms with E-state index in [1.54, 1.807) is 0 Å². The van der Waals surface area contributed by atoms with Gasteiger partial charge in [0.1, 0.15) is 24.5 Å². The number of hydrogen-bond acceptors (Lipinski definition) is 6. The fourth-order valence-corrected chi connectivity index (χ4v) is 3.06. The summed E-state index contributed by atoms with van der Waals surface area (Å²) in [5.74, 6) is -0.433. The normalized spacial score (nSPS) is 11.4. The summed E-state index contributed by atoms with van der Waals surface area (Å²) in [6, 6.07) is 7.05. The molecule has 0 aromatic heterocycles. The molecule has 0 radical (unpaired) electrons. The number of nitrogens with one attached hydrogen (secondary N) is 3. The van der Waals surface area contributed by atoms with Crippen molar-refractivity contribution in [2.45, 2.75) is 58.9 Å². The van der Waals surface area contributed by atoms with Crippen molar-refractivity contribution in [3.8, 4) is 0 Å². The molecule has 0 heterocycles. The Morgan fingerprint density at radius 1 is 0.941 bits per heavy atom. The molecule has 1 rings (SSSR count). The minimum absolute atomic E-state index is 0.0508. The van der Waals surface area contributed by atoms with Crippen LogP contribution < -0.4 is 16.0 Å². The van der Waals surface area contributed by atoms with E-state index in [0.29, 0.717) is 32.7 Å². The molecule has 0 aliphatic rings. The van der Waals surface area contributed by atoms with Gasteiger partial charge in [-0.25, -0.2) is 4.79 Å². The standard InChI is InChI=1S/C25H37N3O6/c1-19(17-29)6-3-4-11-26-25(33)27-12-5-13-34-18-24(32)28-16-22-9-7-21(8-10-22)15-23(31)14-20(2)30/h7-10,17,19H,3-6,11-16,18H2,1-2H3,(H,28,32)(H2,26,27,33). The smallest absolute Gasteiger partial charge is 0.314 e. The molecule has 3 amide bonds. The first-order chi connectivity index (χ1) is 16.3. The largest absolute Gasteiger partial charge is 0.372 e. The van der Waals surface area contributed by atoms with Gasteiger partial charge in [-0.05, 0) is 37.3 Å². The van der Waals surface area contributed by atoms with Gasteiger partial charge in [-0.15, -0.1) is 0 Å². The minimum Gasteiger partial charge on any atom is -0.372 e. The van der Waals surface area contributed by atoms with E-state index in [2.05, 4.69) is 16.0 Å². The van der Waals surface area contributed by atoms with Crippen LogP contribution in [0.4, 0.5) is 4.79 Å². The van der Waals surface area contributed by atoms with Crippen molar-refractivity contribution in [3.63, 3.8) is 0 Å². The minimum atomic E-state index is -0.240. The van der Waals surface area contributed by atoms with Crippen LogP contribution in [0.1, 0.15) is 57.1 Å². The van der Waals surface area contributed by atoms with Gasteiger partial charge in [-0.2, -0.15) is 0 Å². The third-order valence-electron chi connectivity index (χ3n) is 4.95. The van der Waals surface area contributed by atoms with Crippen LogP contribution in [-0.4, -0.2) is 56.1 Å². The molecule has 0 saturated carbocycles. The molecule has 0 bridgehead atoms. The summed E-state index contributed by atoms with van der Waals surface area (Å²) >= 11 is 0. The highest BCUT2D eigenvalue weighted by Crippen LogP contribution is 2.07. The highest BCUT2D eigenvalue weighted by molar-refractivity contribution is 5.98. The number of unbranched alkanes of at least 4 members (excludes halogenated alkanes) is 1. The van der Waals surface area contributed by atoms with Crippen LogP contribution in [0.25, 0.3) is 0 Å². The number of carbonyl (C=O) groups excluding carboxylic acids is 5. The molecule has 3 N–H and O–H groups in total. The number of ketones is 2. The van der Waals surface area contributed by atoms with Crippen molar-refractivity contribution in [3.05, 3.63) is 35.4 Å². The van der Waals surface area contributed by atoms with Gasteiger partial charge in [0, 0.05) is 38.6 Å². The van der Waals surface area contributed by atoms with Crippen molar-refractivity contribution in [1.82, 2.24) is 16.0 Å². The fourth-order valence-electron chi connectivity index (χ4n) is 3.06. The van der Waals surface area contributed by atoms with Crippen LogP contribution in [0.5, 0.6) is 0 Å². The lowest BCUT2D eigenvalue weighted by Gasteiger charge is -2.09. The van der Waals surface area contributed by atoms with Crippen LogP contribution in [0, 0.1) is 5.92 Å². The Morgan fingerprint density at radius 3 is 2.24 bits per heavy atom. The second-order valence-corrected chi connectivity index (χ2v) is 8.39. The molecule has 1 aromatic carbocycles. The Labute approximate surface area is 201 Å². The van der Waals surface area contributed by atoms with Gasteiger partial charge >= 0.3 is 6.03 Å². The van der Waals surface area contributed by atoms with Gasteiger partial charge in [0.25, 0.3) is 0 Å². The van der Waals surface area contributed by atoms with E-state index >= 15 is 0 Å². The number of rotatable bonds is 18. The second-order valence-electron chi connectivity index (χ2n) is 8.39. The van der Waals surface area contributed by atoms with Crippen LogP contribution in [-0.2, 0) is 36.9 Å². The average molecular weight is 476 g/mol. The van der Waals surface area contributed by atoms with Crippen molar-refractivity contribution in [2.75, 3.05) is 26.3 Å². The Hall–Kier alpha value is -3.07. The maximum Gasteiger partial charge on any atom is 0.314 e. The van der Waals surface area contributed by atoms with Gasteiger partial charge < -0.3 is 25.5 Å². The average Bonchev–Trinajstić information content (AvgIpc) is 2.79. The molecule has 9 heteroatoms. The zero-order valence-electron chi connectivity index (χ0n) is 20.2. The molecule has 34 heavy (non-hydrogen) atoms. The fraction of sp³-hybridized carbons (Fsp3) is 0.560. The number of Topliss-reactive ketones (excluding diaryl/α,β-unsaturated/α-hetero) is 2. The van der Waals surface area contributed by atoms with E-state index in [4.69, 9.17) is 4.74 Å². The number of aldehydes is 1. The zero-order chi connectivity index (χ0) is 25.2. The van der Waals surface area contributed by atoms with Gasteiger partial charge in [0.15, 0.2) is 0 Å². The molecule has 1 atom stereocenters. The number of urea groups is 1. The van der Waals surface area contributed by atoms with Gasteiger partial charge in [-0.1, -0.05) is 37.6 Å². The van der Waals surface area contributed by atoms with Crippen LogP contribution in [0.2, 0.25) is 0 Å². The van der Waals surface area contributed by atoms with Gasteiger partial charge in [0.2, 0.25) is 5.91 Å². The molecule has 0 fully saturated rings. The molecular formula is C25H37N3O6. The summed E-state index contributed by atoms with van der Waals surface area (Å²) in [6.45, 7) is 4.91. The Bertz CT molecular complexity index is 794. The predicted octanol–water partition coefficient (Wildman–Crippen LogP) is 2.10. The maximum absolute atomic E-state index is 11.9. The Kier molecular flexibility index (Phi) is 14.8. The molecule has 0 aliphatic heterocycles. The van der Waals surface area contributed by atoms with E-state index < -0.39 is 0 Å². The summed E-state index contributed by atoms with van der Waals surface area (Å²) < 4.78 is 5.33. The van der Waals surface area contributed by atoms with Crippen molar-refractivity contribution >= 4 is 29.8 Å². The SMILES string of the molecule is CC(=O)CC(=O)Cc1ccc(CNC(=O)COCCCNC(=O)NCCCCC(C)C=O)cc1. The molecule has 9 nitrogen and oxygen atoms in total. The highest BCUT2D eigenvalue weighted by Gasteiger charge is 2.07. The number of carbonyl (C=O) groups is 5. The molecule has 0 aliphatic carbocycles. The van der Waals surface area contributed by atoms with E-state index in [1.807, 2.05) is 31.2 Å². The summed E-state index contributed by atoms with van der Waals surface area (Å²) in [5, 5.41) is 8.26. The summed E-state index contributed by atoms with van der Waals surface area (Å²) in [4.78, 5) is 56.8. The number of hydrogen-bond donors (Lipinski definition) is 3. The number of ether oxygens (including phenoxy) is 1. The quantitative estimate of drug-likeness (QED) is 0.169. The van der Waals surface area contributed by atoms with E-state index in [-0.39, 0.29) is 48.9 Å². The maximum atomic E-state index is 11.9. The predicted molar refractivity (Wildman–Crippen MR) is 128 cm³/mol. The molecular weight excluding hydrogens is 438 g/mol. The monoisotopic (exact) mass is 475 g/mol. The van der Waals surface area contributed by atoms with E-state index in [1.165, 1.54) is 6.92 Å². The second kappa shape index (κ2) is 17.4. The van der Waals surface area contributed by atoms with E-state index in [9.17, 15) is 24.0 Å². The molecule has 1 unspecified atom stereocenters. The first-order valence-corrected chi connectivity index (χ1v) is 11.7. The van der Waals surface area contributed by atoms with E-state index in [0.717, 1.165) is 36.7 Å². The van der Waals surface area contributed by atoms with Crippen molar-refractivity contribution in [2.24, 2.45) is 5.92 Å². The van der Waals surface area contributed by atoms with Crippen LogP contribution >= 0.6 is 0 Å². The third-order valence-corrected chi connectivity index (χ3v) is 4.95.